The first kappa shape index (κ1) is 19.9. The minimum Gasteiger partial charge on any atom is -0.380 e. The fraction of sp³-hybridized carbons (Fsp3) is 0.348. The van der Waals surface area contributed by atoms with E-state index < -0.39 is 0 Å². The molecule has 1 fully saturated rings. The van der Waals surface area contributed by atoms with Gasteiger partial charge in [-0.05, 0) is 36.6 Å². The Labute approximate surface area is 174 Å². The maximum atomic E-state index is 14.4. The van der Waals surface area contributed by atoms with Gasteiger partial charge in [0.1, 0.15) is 5.82 Å². The molecule has 1 aliphatic rings. The highest BCUT2D eigenvalue weighted by Gasteiger charge is 2.24. The van der Waals surface area contributed by atoms with Gasteiger partial charge in [-0.3, -0.25) is 4.79 Å². The Morgan fingerprint density at radius 1 is 1.17 bits per heavy atom. The molecule has 1 amide bonds. The molecular formula is C23H25FN2O2S. The highest BCUT2D eigenvalue weighted by molar-refractivity contribution is 7.21. The van der Waals surface area contributed by atoms with Crippen LogP contribution in [-0.4, -0.2) is 38.1 Å². The predicted octanol–water partition coefficient (Wildman–Crippen LogP) is 5.06. The van der Waals surface area contributed by atoms with Crippen LogP contribution in [0.25, 0.3) is 10.1 Å². The minimum absolute atomic E-state index is 0.103. The number of anilines is 1. The Kier molecular flexibility index (Phi) is 5.83. The number of carbonyl (C=O) groups is 1. The summed E-state index contributed by atoms with van der Waals surface area (Å²) in [5.74, 6) is -0.416. The van der Waals surface area contributed by atoms with Crippen LogP contribution in [0.15, 0.2) is 42.5 Å². The molecule has 0 atom stereocenters. The average molecular weight is 413 g/mol. The van der Waals surface area contributed by atoms with Gasteiger partial charge in [0, 0.05) is 55.1 Å². The standard InChI is InChI=1S/C23H25FN2O2S/c1-25(14-16-8-3-4-10-19(16)26-12-5-6-13-26)23(27)22-17(15-28-2)21-18(24)9-7-11-20(21)29-22/h3-4,7-11H,5-6,12-15H2,1-2H3. The number of benzene rings is 2. The number of para-hydroxylation sites is 1. The number of ether oxygens (including phenoxy) is 1. The summed E-state index contributed by atoms with van der Waals surface area (Å²) < 4.78 is 20.5. The normalized spacial score (nSPS) is 14.0. The Hall–Kier alpha value is -2.44. The highest BCUT2D eigenvalue weighted by atomic mass is 32.1. The van der Waals surface area contributed by atoms with E-state index in [-0.39, 0.29) is 18.3 Å². The summed E-state index contributed by atoms with van der Waals surface area (Å²) in [4.78, 5) is 18.0. The van der Waals surface area contributed by atoms with Crippen molar-refractivity contribution in [3.05, 3.63) is 64.3 Å². The molecule has 29 heavy (non-hydrogen) atoms. The van der Waals surface area contributed by atoms with Crippen molar-refractivity contribution in [2.24, 2.45) is 0 Å². The Bertz CT molecular complexity index is 1030. The number of hydrogen-bond acceptors (Lipinski definition) is 4. The number of rotatable bonds is 6. The van der Waals surface area contributed by atoms with Crippen molar-refractivity contribution in [2.45, 2.75) is 26.0 Å². The largest absolute Gasteiger partial charge is 0.380 e. The van der Waals surface area contributed by atoms with E-state index in [0.717, 1.165) is 23.4 Å². The molecule has 4 nitrogen and oxygen atoms in total. The van der Waals surface area contributed by atoms with Crippen molar-refractivity contribution in [3.8, 4) is 0 Å². The molecule has 3 aromatic rings. The monoisotopic (exact) mass is 412 g/mol. The minimum atomic E-state index is -0.313. The molecule has 0 radical (unpaired) electrons. The number of nitrogens with zero attached hydrogens (tertiary/aromatic N) is 2. The summed E-state index contributed by atoms with van der Waals surface area (Å²) in [5.41, 5.74) is 2.96. The van der Waals surface area contributed by atoms with Gasteiger partial charge in [0.25, 0.3) is 5.91 Å². The number of hydrogen-bond donors (Lipinski definition) is 0. The van der Waals surface area contributed by atoms with Crippen LogP contribution in [0, 0.1) is 5.82 Å². The number of amides is 1. The molecular weight excluding hydrogens is 387 g/mol. The van der Waals surface area contributed by atoms with Gasteiger partial charge in [-0.25, -0.2) is 4.39 Å². The van der Waals surface area contributed by atoms with E-state index in [0.29, 0.717) is 22.4 Å². The third kappa shape index (κ3) is 3.87. The smallest absolute Gasteiger partial charge is 0.264 e. The van der Waals surface area contributed by atoms with Gasteiger partial charge in [0.15, 0.2) is 0 Å². The van der Waals surface area contributed by atoms with Crippen molar-refractivity contribution < 1.29 is 13.9 Å². The van der Waals surface area contributed by atoms with Crippen molar-refractivity contribution in [3.63, 3.8) is 0 Å². The number of thiophene rings is 1. The Balaban J connectivity index is 1.64. The van der Waals surface area contributed by atoms with Crippen molar-refractivity contribution >= 4 is 33.0 Å². The third-order valence-corrected chi connectivity index (χ3v) is 6.62. The molecule has 4 rings (SSSR count). The SMILES string of the molecule is COCc1c(C(=O)N(C)Cc2ccccc2N2CCCC2)sc2cccc(F)c12. The summed E-state index contributed by atoms with van der Waals surface area (Å²) >= 11 is 1.33. The fourth-order valence-corrected chi connectivity index (χ4v) is 5.25. The molecule has 0 unspecified atom stereocenters. The van der Waals surface area contributed by atoms with Crippen LogP contribution < -0.4 is 4.90 Å². The Morgan fingerprint density at radius 3 is 2.69 bits per heavy atom. The lowest BCUT2D eigenvalue weighted by atomic mass is 10.1. The highest BCUT2D eigenvalue weighted by Crippen LogP contribution is 2.35. The molecule has 0 aliphatic carbocycles. The van der Waals surface area contributed by atoms with Gasteiger partial charge in [-0.15, -0.1) is 11.3 Å². The lowest BCUT2D eigenvalue weighted by molar-refractivity contribution is 0.0786. The van der Waals surface area contributed by atoms with Gasteiger partial charge in [0.05, 0.1) is 11.5 Å². The van der Waals surface area contributed by atoms with Crippen LogP contribution in [0.5, 0.6) is 0 Å². The summed E-state index contributed by atoms with van der Waals surface area (Å²) in [5, 5.41) is 0.494. The van der Waals surface area contributed by atoms with Gasteiger partial charge < -0.3 is 14.5 Å². The molecule has 1 aliphatic heterocycles. The van der Waals surface area contributed by atoms with Crippen LogP contribution >= 0.6 is 11.3 Å². The van der Waals surface area contributed by atoms with Crippen LogP contribution in [0.1, 0.15) is 33.6 Å². The van der Waals surface area contributed by atoms with Crippen molar-refractivity contribution in [1.29, 1.82) is 0 Å². The number of fused-ring (bicyclic) bond motifs is 1. The van der Waals surface area contributed by atoms with E-state index in [1.807, 2.05) is 18.2 Å². The topological polar surface area (TPSA) is 32.8 Å². The molecule has 0 saturated carbocycles. The predicted molar refractivity (Wildman–Crippen MR) is 116 cm³/mol. The second kappa shape index (κ2) is 8.51. The average Bonchev–Trinajstić information content (AvgIpc) is 3.37. The first-order chi connectivity index (χ1) is 14.1. The fourth-order valence-electron chi connectivity index (χ4n) is 4.03. The summed E-state index contributed by atoms with van der Waals surface area (Å²) in [6.45, 7) is 2.83. The van der Waals surface area contributed by atoms with Gasteiger partial charge >= 0.3 is 0 Å². The molecule has 6 heteroatoms. The zero-order chi connectivity index (χ0) is 20.4. The molecule has 0 spiro atoms. The third-order valence-electron chi connectivity index (χ3n) is 5.44. The zero-order valence-corrected chi connectivity index (χ0v) is 17.6. The molecule has 0 bridgehead atoms. The van der Waals surface area contributed by atoms with Crippen LogP contribution in [-0.2, 0) is 17.9 Å². The zero-order valence-electron chi connectivity index (χ0n) is 16.8. The van der Waals surface area contributed by atoms with Gasteiger partial charge in [-0.1, -0.05) is 24.3 Å². The first-order valence-corrected chi connectivity index (χ1v) is 10.7. The molecule has 1 aromatic heterocycles. The van der Waals surface area contributed by atoms with E-state index in [1.165, 1.54) is 35.9 Å². The molecule has 2 aromatic carbocycles. The second-order valence-electron chi connectivity index (χ2n) is 7.44. The molecule has 2 heterocycles. The van der Waals surface area contributed by atoms with E-state index in [9.17, 15) is 9.18 Å². The summed E-state index contributed by atoms with van der Waals surface area (Å²) in [7, 11) is 3.37. The second-order valence-corrected chi connectivity index (χ2v) is 8.49. The number of methoxy groups -OCH3 is 1. The lowest BCUT2D eigenvalue weighted by Gasteiger charge is -2.24. The van der Waals surface area contributed by atoms with Crippen LogP contribution in [0.4, 0.5) is 10.1 Å². The van der Waals surface area contributed by atoms with Crippen molar-refractivity contribution in [1.82, 2.24) is 4.90 Å². The maximum Gasteiger partial charge on any atom is 0.264 e. The van der Waals surface area contributed by atoms with Gasteiger partial charge in [-0.2, -0.15) is 0 Å². The van der Waals surface area contributed by atoms with E-state index in [1.54, 1.807) is 25.1 Å². The van der Waals surface area contributed by atoms with E-state index in [2.05, 4.69) is 17.0 Å². The van der Waals surface area contributed by atoms with Crippen molar-refractivity contribution in [2.75, 3.05) is 32.1 Å². The van der Waals surface area contributed by atoms with E-state index >= 15 is 0 Å². The Morgan fingerprint density at radius 2 is 1.93 bits per heavy atom. The number of carbonyl (C=O) groups excluding carboxylic acids is 1. The quantitative estimate of drug-likeness (QED) is 0.567. The van der Waals surface area contributed by atoms with E-state index in [4.69, 9.17) is 4.74 Å². The molecule has 152 valence electrons. The lowest BCUT2D eigenvalue weighted by Crippen LogP contribution is -2.28. The molecule has 1 saturated heterocycles. The molecule has 0 N–H and O–H groups in total. The van der Waals surface area contributed by atoms with Gasteiger partial charge in [0.2, 0.25) is 0 Å². The summed E-state index contributed by atoms with van der Waals surface area (Å²) in [6, 6.07) is 13.2. The first-order valence-electron chi connectivity index (χ1n) is 9.87. The summed E-state index contributed by atoms with van der Waals surface area (Å²) in [6.07, 6.45) is 2.41. The van der Waals surface area contributed by atoms with Crippen LogP contribution in [0.2, 0.25) is 0 Å². The van der Waals surface area contributed by atoms with Crippen LogP contribution in [0.3, 0.4) is 0 Å². The number of halogens is 1. The maximum absolute atomic E-state index is 14.4.